The van der Waals surface area contributed by atoms with Gasteiger partial charge in [0.15, 0.2) is 0 Å². The highest BCUT2D eigenvalue weighted by Gasteiger charge is 2.14. The van der Waals surface area contributed by atoms with E-state index < -0.39 is 16.9 Å². The monoisotopic (exact) mass is 279 g/mol. The van der Waals surface area contributed by atoms with E-state index in [2.05, 4.69) is 5.92 Å². The summed E-state index contributed by atoms with van der Waals surface area (Å²) >= 11 is 0. The molecule has 1 aromatic rings. The molecule has 3 nitrogen and oxygen atoms in total. The maximum atomic E-state index is 12.3. The average Bonchev–Trinajstić information content (AvgIpc) is 2.39. The summed E-state index contributed by atoms with van der Waals surface area (Å²) in [6.45, 7) is 0. The van der Waals surface area contributed by atoms with Gasteiger partial charge < -0.3 is 10.0 Å². The summed E-state index contributed by atoms with van der Waals surface area (Å²) in [7, 11) is 2.64. The quantitative estimate of drug-likeness (QED) is 0.613. The molecule has 1 rings (SSSR count). The topological polar surface area (TPSA) is 40.5 Å². The molecule has 0 spiro atoms. The molecule has 0 aliphatic rings. The molecule has 0 bridgehead atoms. The fourth-order valence-electron chi connectivity index (χ4n) is 1.81. The minimum Gasteiger partial charge on any atom is -0.392 e. The number of hydrogen-bond acceptors (Lipinski definition) is 3. The summed E-state index contributed by atoms with van der Waals surface area (Å²) < 4.78 is 12.3. The lowest BCUT2D eigenvalue weighted by molar-refractivity contribution is 0.186. The Morgan fingerprint density at radius 3 is 2.74 bits per heavy atom. The van der Waals surface area contributed by atoms with Gasteiger partial charge in [0.25, 0.3) is 0 Å². The van der Waals surface area contributed by atoms with Crippen LogP contribution < -0.4 is 4.90 Å². The second-order valence-electron chi connectivity index (χ2n) is 4.62. The van der Waals surface area contributed by atoms with Crippen molar-refractivity contribution in [2.45, 2.75) is 30.3 Å². The predicted octanol–water partition coefficient (Wildman–Crippen LogP) is 2.02. The Hall–Kier alpha value is -1.31. The Balaban J connectivity index is 2.66. The van der Waals surface area contributed by atoms with Crippen molar-refractivity contribution >= 4 is 16.5 Å². The molecule has 0 radical (unpaired) electrons. The Labute approximate surface area is 118 Å². The van der Waals surface area contributed by atoms with Crippen LogP contribution in [0.3, 0.4) is 0 Å². The molecule has 0 heterocycles. The second kappa shape index (κ2) is 7.98. The van der Waals surface area contributed by atoms with Crippen LogP contribution in [0.5, 0.6) is 0 Å². The Bertz CT molecular complexity index is 465. The molecular weight excluding hydrogens is 258 g/mol. The number of para-hydroxylation sites is 1. The summed E-state index contributed by atoms with van der Waals surface area (Å²) in [5.41, 5.74) is 0.927. The molecule has 1 aromatic carbocycles. The third-order valence-electron chi connectivity index (χ3n) is 2.79. The predicted molar refractivity (Wildman–Crippen MR) is 80.7 cm³/mol. The number of aliphatic hydroxyl groups is 1. The highest BCUT2D eigenvalue weighted by atomic mass is 32.2. The van der Waals surface area contributed by atoms with Crippen molar-refractivity contribution in [3.8, 4) is 12.3 Å². The largest absolute Gasteiger partial charge is 0.392 e. The van der Waals surface area contributed by atoms with Crippen LogP contribution in [0.1, 0.15) is 19.3 Å². The van der Waals surface area contributed by atoms with Gasteiger partial charge in [-0.15, -0.1) is 12.3 Å². The van der Waals surface area contributed by atoms with E-state index in [1.165, 1.54) is 0 Å². The van der Waals surface area contributed by atoms with Crippen molar-refractivity contribution in [3.05, 3.63) is 24.3 Å². The first kappa shape index (κ1) is 15.7. The molecule has 0 saturated carbocycles. The number of anilines is 1. The number of nitrogens with zero attached hydrogens (tertiary/aromatic N) is 1. The molecule has 4 heteroatoms. The van der Waals surface area contributed by atoms with Gasteiger partial charge in [0.1, 0.15) is 0 Å². The number of terminal acetylenes is 1. The van der Waals surface area contributed by atoms with Crippen LogP contribution in [-0.4, -0.2) is 35.3 Å². The number of aliphatic hydroxyl groups excluding tert-OH is 1. The highest BCUT2D eigenvalue weighted by molar-refractivity contribution is 7.85. The zero-order chi connectivity index (χ0) is 14.3. The maximum Gasteiger partial charge on any atom is 0.0659 e. The van der Waals surface area contributed by atoms with Crippen LogP contribution in [0, 0.1) is 12.3 Å². The van der Waals surface area contributed by atoms with Gasteiger partial charge in [-0.2, -0.15) is 0 Å². The molecule has 0 aromatic heterocycles. The van der Waals surface area contributed by atoms with E-state index in [9.17, 15) is 9.32 Å². The minimum atomic E-state index is -1.19. The summed E-state index contributed by atoms with van der Waals surface area (Å²) in [5, 5.41) is 9.86. The van der Waals surface area contributed by atoms with E-state index in [0.29, 0.717) is 12.8 Å². The van der Waals surface area contributed by atoms with Gasteiger partial charge in [0.2, 0.25) is 0 Å². The lowest BCUT2D eigenvalue weighted by Crippen LogP contribution is -2.19. The Kier molecular flexibility index (Phi) is 6.61. The van der Waals surface area contributed by atoms with Gasteiger partial charge in [0, 0.05) is 20.5 Å². The first-order chi connectivity index (χ1) is 9.06. The molecular formula is C15H21NO2S. The molecule has 0 aliphatic heterocycles. The fraction of sp³-hybridized carbons (Fsp3) is 0.467. The van der Waals surface area contributed by atoms with Crippen LogP contribution in [0.2, 0.25) is 0 Å². The SMILES string of the molecule is C#CCCCC(O)C[S@@](=O)c1ccccc1N(C)C. The molecule has 1 unspecified atom stereocenters. The Morgan fingerprint density at radius 2 is 2.11 bits per heavy atom. The van der Waals surface area contributed by atoms with Gasteiger partial charge in [-0.05, 0) is 25.0 Å². The third kappa shape index (κ3) is 5.06. The minimum absolute atomic E-state index is 0.259. The van der Waals surface area contributed by atoms with Crippen molar-refractivity contribution in [1.29, 1.82) is 0 Å². The van der Waals surface area contributed by atoms with Crippen LogP contribution >= 0.6 is 0 Å². The molecule has 2 atom stereocenters. The van der Waals surface area contributed by atoms with Crippen molar-refractivity contribution in [2.75, 3.05) is 24.7 Å². The molecule has 1 N–H and O–H groups in total. The van der Waals surface area contributed by atoms with E-state index >= 15 is 0 Å². The summed E-state index contributed by atoms with van der Waals surface area (Å²) in [5.74, 6) is 2.80. The van der Waals surface area contributed by atoms with Crippen molar-refractivity contribution in [1.82, 2.24) is 0 Å². The second-order valence-corrected chi connectivity index (χ2v) is 6.09. The van der Waals surface area contributed by atoms with Crippen molar-refractivity contribution in [2.24, 2.45) is 0 Å². The van der Waals surface area contributed by atoms with Gasteiger partial charge in [-0.1, -0.05) is 12.1 Å². The van der Waals surface area contributed by atoms with Crippen molar-refractivity contribution < 1.29 is 9.32 Å². The van der Waals surface area contributed by atoms with Crippen LogP contribution in [0.4, 0.5) is 5.69 Å². The summed E-state index contributed by atoms with van der Waals surface area (Å²) in [6, 6.07) is 7.56. The van der Waals surface area contributed by atoms with E-state index in [1.807, 2.05) is 43.3 Å². The van der Waals surface area contributed by atoms with Crippen LogP contribution in [0.15, 0.2) is 29.2 Å². The Morgan fingerprint density at radius 1 is 1.42 bits per heavy atom. The van der Waals surface area contributed by atoms with Crippen LogP contribution in [-0.2, 0) is 10.8 Å². The average molecular weight is 279 g/mol. The van der Waals surface area contributed by atoms with Gasteiger partial charge >= 0.3 is 0 Å². The summed E-state index contributed by atoms with van der Waals surface area (Å²) in [6.07, 6.45) is 6.61. The van der Waals surface area contributed by atoms with Gasteiger partial charge in [-0.25, -0.2) is 0 Å². The number of hydrogen-bond donors (Lipinski definition) is 1. The van der Waals surface area contributed by atoms with E-state index in [4.69, 9.17) is 6.42 Å². The first-order valence-corrected chi connectivity index (χ1v) is 7.64. The number of benzene rings is 1. The van der Waals surface area contributed by atoms with Gasteiger partial charge in [-0.3, -0.25) is 4.21 Å². The molecule has 0 amide bonds. The lowest BCUT2D eigenvalue weighted by atomic mass is 10.2. The number of rotatable bonds is 7. The van der Waals surface area contributed by atoms with E-state index in [0.717, 1.165) is 17.0 Å². The highest BCUT2D eigenvalue weighted by Crippen LogP contribution is 2.22. The van der Waals surface area contributed by atoms with Crippen LogP contribution in [0.25, 0.3) is 0 Å². The van der Waals surface area contributed by atoms with Gasteiger partial charge in [0.05, 0.1) is 33.2 Å². The van der Waals surface area contributed by atoms with Crippen molar-refractivity contribution in [3.63, 3.8) is 0 Å². The molecule has 0 fully saturated rings. The fourth-order valence-corrected chi connectivity index (χ4v) is 3.22. The summed E-state index contributed by atoms with van der Waals surface area (Å²) in [4.78, 5) is 2.70. The first-order valence-electron chi connectivity index (χ1n) is 6.32. The molecule has 0 saturated heterocycles. The zero-order valence-electron chi connectivity index (χ0n) is 11.5. The smallest absolute Gasteiger partial charge is 0.0659 e. The zero-order valence-corrected chi connectivity index (χ0v) is 12.3. The molecule has 104 valence electrons. The van der Waals surface area contributed by atoms with E-state index in [1.54, 1.807) is 0 Å². The lowest BCUT2D eigenvalue weighted by Gasteiger charge is -2.17. The maximum absolute atomic E-state index is 12.3. The molecule has 0 aliphatic carbocycles. The van der Waals surface area contributed by atoms with E-state index in [-0.39, 0.29) is 5.75 Å². The molecule has 19 heavy (non-hydrogen) atoms. The normalized spacial score (nSPS) is 13.6. The third-order valence-corrected chi connectivity index (χ3v) is 4.32. The standard InChI is InChI=1S/C15H21NO2S/c1-4-5-6-9-13(17)12-19(18)15-11-8-7-10-14(15)16(2)3/h1,7-8,10-11,13,17H,5-6,9,12H2,2-3H3/t13?,19-/m1/s1. The number of unbranched alkanes of at least 4 members (excludes halogenated alkanes) is 1.